The molecule has 0 radical (unpaired) electrons. The average molecular weight is 424 g/mol. The van der Waals surface area contributed by atoms with Crippen molar-refractivity contribution in [1.29, 1.82) is 0 Å². The summed E-state index contributed by atoms with van der Waals surface area (Å²) in [4.78, 5) is 12.0. The van der Waals surface area contributed by atoms with Gasteiger partial charge >= 0.3 is 6.03 Å². The molecule has 25 heavy (non-hydrogen) atoms. The number of amides is 2. The molecule has 7 nitrogen and oxygen atoms in total. The molecule has 0 saturated carbocycles. The topological polar surface area (TPSA) is 108 Å². The summed E-state index contributed by atoms with van der Waals surface area (Å²) in [6.07, 6.45) is 0. The zero-order valence-electron chi connectivity index (χ0n) is 13.1. The number of carbonyl (C=O) groups excluding carboxylic acids is 1. The van der Waals surface area contributed by atoms with Gasteiger partial charge in [-0.1, -0.05) is 29.3 Å². The van der Waals surface area contributed by atoms with Crippen LogP contribution in [0.25, 0.3) is 0 Å². The zero-order chi connectivity index (χ0) is 18.8. The number of aromatic hydroxyl groups is 1. The molecule has 0 bridgehead atoms. The summed E-state index contributed by atoms with van der Waals surface area (Å²) in [5.41, 5.74) is 0.237. The minimum absolute atomic E-state index is 0.0372. The number of anilines is 2. The molecule has 2 rings (SSSR count). The number of hydrogen-bond donors (Lipinski definition) is 4. The molecule has 2 amide bonds. The Kier molecular flexibility index (Phi) is 6.17. The maximum Gasteiger partial charge on any atom is 0.323 e. The number of sulfonamides is 1. The van der Waals surface area contributed by atoms with Crippen LogP contribution >= 0.6 is 34.5 Å². The molecule has 2 aromatic rings. The van der Waals surface area contributed by atoms with E-state index in [-0.39, 0.29) is 31.7 Å². The third-order valence-electron chi connectivity index (χ3n) is 2.82. The van der Waals surface area contributed by atoms with Gasteiger partial charge in [0.2, 0.25) is 0 Å². The van der Waals surface area contributed by atoms with Crippen LogP contribution in [0, 0.1) is 0 Å². The predicted octanol–water partition coefficient (Wildman–Crippen LogP) is 4.09. The van der Waals surface area contributed by atoms with E-state index in [1.807, 2.05) is 0 Å². The van der Waals surface area contributed by atoms with Gasteiger partial charge in [-0.2, -0.15) is 0 Å². The molecule has 0 atom stereocenters. The molecule has 0 saturated heterocycles. The molecule has 0 aliphatic carbocycles. The first-order chi connectivity index (χ1) is 11.6. The van der Waals surface area contributed by atoms with E-state index in [2.05, 4.69) is 15.4 Å². The van der Waals surface area contributed by atoms with Crippen molar-refractivity contribution >= 4 is 62.0 Å². The second-order valence-electron chi connectivity index (χ2n) is 5.24. The molecular formula is C14H15Cl2N3O4S2. The minimum atomic E-state index is -3.87. The summed E-state index contributed by atoms with van der Waals surface area (Å²) in [7, 11) is -3.87. The maximum atomic E-state index is 12.1. The molecule has 1 aromatic carbocycles. The number of benzene rings is 1. The molecule has 0 aliphatic rings. The van der Waals surface area contributed by atoms with Gasteiger partial charge in [0.25, 0.3) is 10.0 Å². The Morgan fingerprint density at radius 3 is 2.48 bits per heavy atom. The van der Waals surface area contributed by atoms with Gasteiger partial charge in [0.1, 0.15) is 0 Å². The predicted molar refractivity (Wildman–Crippen MR) is 101 cm³/mol. The number of hydrogen-bond acceptors (Lipinski definition) is 5. The standard InChI is InChI=1S/C14H15Cl2N3O4S2/c1-7(2)19-25(22,23)13-12(20)10(6-24-13)18-14(21)17-9-5-3-4-8(15)11(9)16/h3-7,19-20H,1-2H3,(H2,17,18,21). The van der Waals surface area contributed by atoms with Gasteiger partial charge in [-0.3, -0.25) is 0 Å². The van der Waals surface area contributed by atoms with Crippen molar-refractivity contribution in [3.05, 3.63) is 33.6 Å². The van der Waals surface area contributed by atoms with Crippen molar-refractivity contribution in [2.24, 2.45) is 0 Å². The molecule has 0 fully saturated rings. The summed E-state index contributed by atoms with van der Waals surface area (Å²) in [5, 5.41) is 16.7. The zero-order valence-corrected chi connectivity index (χ0v) is 16.3. The molecule has 11 heteroatoms. The molecule has 0 unspecified atom stereocenters. The first kappa shape index (κ1) is 19.8. The summed E-state index contributed by atoms with van der Waals surface area (Å²) < 4.78 is 26.3. The van der Waals surface area contributed by atoms with Crippen molar-refractivity contribution in [2.45, 2.75) is 24.1 Å². The lowest BCUT2D eigenvalue weighted by Crippen LogP contribution is -2.29. The monoisotopic (exact) mass is 423 g/mol. The van der Waals surface area contributed by atoms with E-state index in [1.54, 1.807) is 32.0 Å². The van der Waals surface area contributed by atoms with Crippen LogP contribution in [-0.4, -0.2) is 25.6 Å². The molecule has 1 heterocycles. The Labute approximate surface area is 159 Å². The highest BCUT2D eigenvalue weighted by Gasteiger charge is 2.25. The molecule has 0 aliphatic heterocycles. The normalized spacial score (nSPS) is 11.6. The number of nitrogens with one attached hydrogen (secondary N) is 3. The maximum absolute atomic E-state index is 12.1. The smallest absolute Gasteiger partial charge is 0.323 e. The van der Waals surface area contributed by atoms with Crippen LogP contribution in [-0.2, 0) is 10.0 Å². The van der Waals surface area contributed by atoms with Gasteiger partial charge in [-0.25, -0.2) is 17.9 Å². The third-order valence-corrected chi connectivity index (χ3v) is 6.81. The van der Waals surface area contributed by atoms with E-state index in [9.17, 15) is 18.3 Å². The van der Waals surface area contributed by atoms with Crippen LogP contribution < -0.4 is 15.4 Å². The van der Waals surface area contributed by atoms with Crippen LogP contribution in [0.5, 0.6) is 5.75 Å². The van der Waals surface area contributed by atoms with Crippen LogP contribution in [0.2, 0.25) is 10.0 Å². The third kappa shape index (κ3) is 4.77. The Hall–Kier alpha value is -1.52. The molecular weight excluding hydrogens is 409 g/mol. The van der Waals surface area contributed by atoms with E-state index >= 15 is 0 Å². The summed E-state index contributed by atoms with van der Waals surface area (Å²) in [6.45, 7) is 3.31. The minimum Gasteiger partial charge on any atom is -0.504 e. The fourth-order valence-electron chi connectivity index (χ4n) is 1.85. The SMILES string of the molecule is CC(C)NS(=O)(=O)c1scc(NC(=O)Nc2cccc(Cl)c2Cl)c1O. The highest BCUT2D eigenvalue weighted by atomic mass is 35.5. The lowest BCUT2D eigenvalue weighted by atomic mass is 10.3. The number of thiophene rings is 1. The highest BCUT2D eigenvalue weighted by molar-refractivity contribution is 7.91. The Morgan fingerprint density at radius 1 is 1.20 bits per heavy atom. The number of carbonyl (C=O) groups is 1. The van der Waals surface area contributed by atoms with Crippen LogP contribution in [0.4, 0.5) is 16.2 Å². The molecule has 136 valence electrons. The molecule has 4 N–H and O–H groups in total. The fourth-order valence-corrected chi connectivity index (χ4v) is 4.71. The van der Waals surface area contributed by atoms with E-state index in [1.165, 1.54) is 5.38 Å². The van der Waals surface area contributed by atoms with E-state index in [0.717, 1.165) is 11.3 Å². The summed E-state index contributed by atoms with van der Waals surface area (Å²) in [6, 6.07) is 3.67. The molecule has 1 aromatic heterocycles. The van der Waals surface area contributed by atoms with Gasteiger partial charge in [0.15, 0.2) is 9.96 Å². The van der Waals surface area contributed by atoms with Crippen molar-refractivity contribution in [3.63, 3.8) is 0 Å². The number of halogens is 2. The number of urea groups is 1. The van der Waals surface area contributed by atoms with Crippen LogP contribution in [0.15, 0.2) is 27.8 Å². The largest absolute Gasteiger partial charge is 0.504 e. The summed E-state index contributed by atoms with van der Waals surface area (Å²) >= 11 is 12.6. The van der Waals surface area contributed by atoms with E-state index in [0.29, 0.717) is 0 Å². The summed E-state index contributed by atoms with van der Waals surface area (Å²) in [5.74, 6) is -0.537. The van der Waals surface area contributed by atoms with Gasteiger partial charge in [-0.15, -0.1) is 11.3 Å². The van der Waals surface area contributed by atoms with Crippen molar-refractivity contribution in [2.75, 3.05) is 10.6 Å². The first-order valence-electron chi connectivity index (χ1n) is 6.96. The van der Waals surface area contributed by atoms with Crippen molar-refractivity contribution in [3.8, 4) is 5.75 Å². The Balaban J connectivity index is 2.16. The first-order valence-corrected chi connectivity index (χ1v) is 10.1. The van der Waals surface area contributed by atoms with Gasteiger partial charge < -0.3 is 15.7 Å². The highest BCUT2D eigenvalue weighted by Crippen LogP contribution is 2.38. The lowest BCUT2D eigenvalue weighted by Gasteiger charge is -2.10. The quantitative estimate of drug-likeness (QED) is 0.580. The van der Waals surface area contributed by atoms with Crippen LogP contribution in [0.1, 0.15) is 13.8 Å². The lowest BCUT2D eigenvalue weighted by molar-refractivity contribution is 0.262. The average Bonchev–Trinajstić information content (AvgIpc) is 2.84. The molecule has 0 spiro atoms. The number of rotatable bonds is 5. The Morgan fingerprint density at radius 2 is 1.84 bits per heavy atom. The second-order valence-corrected chi connectivity index (χ2v) is 8.82. The van der Waals surface area contributed by atoms with Gasteiger partial charge in [-0.05, 0) is 26.0 Å². The van der Waals surface area contributed by atoms with Crippen molar-refractivity contribution < 1.29 is 18.3 Å². The van der Waals surface area contributed by atoms with E-state index < -0.39 is 21.8 Å². The fraction of sp³-hybridized carbons (Fsp3) is 0.214. The Bertz CT molecular complexity index is 897. The second kappa shape index (κ2) is 7.79. The van der Waals surface area contributed by atoms with Crippen LogP contribution in [0.3, 0.4) is 0 Å². The van der Waals surface area contributed by atoms with Gasteiger partial charge in [0, 0.05) is 11.4 Å². The van der Waals surface area contributed by atoms with Crippen molar-refractivity contribution in [1.82, 2.24) is 4.72 Å². The van der Waals surface area contributed by atoms with E-state index in [4.69, 9.17) is 23.2 Å². The van der Waals surface area contributed by atoms with Gasteiger partial charge in [0.05, 0.1) is 21.4 Å².